The summed E-state index contributed by atoms with van der Waals surface area (Å²) in [4.78, 5) is 43.1. The third-order valence-corrected chi connectivity index (χ3v) is 6.79. The number of nitrogens with zero attached hydrogens (tertiary/aromatic N) is 5. The van der Waals surface area contributed by atoms with Crippen LogP contribution >= 0.6 is 0 Å². The predicted molar refractivity (Wildman–Crippen MR) is 169 cm³/mol. The molecule has 14 heteroatoms. The molecule has 0 spiro atoms. The van der Waals surface area contributed by atoms with Crippen molar-refractivity contribution in [2.75, 3.05) is 24.3 Å². The van der Waals surface area contributed by atoms with Crippen molar-refractivity contribution in [2.45, 2.75) is 6.42 Å². The number of carbonyl (C=O) groups excluding carboxylic acids is 3. The zero-order valence-electron chi connectivity index (χ0n) is 24.8. The molecule has 3 aromatic heterocycles. The van der Waals surface area contributed by atoms with E-state index in [-0.39, 0.29) is 24.2 Å². The first-order chi connectivity index (χ1) is 21.7. The van der Waals surface area contributed by atoms with Gasteiger partial charge in [0.25, 0.3) is 17.7 Å². The van der Waals surface area contributed by atoms with Gasteiger partial charge in [-0.2, -0.15) is 0 Å². The van der Waals surface area contributed by atoms with Crippen LogP contribution in [-0.2, 0) is 18.9 Å². The van der Waals surface area contributed by atoms with Gasteiger partial charge in [0.15, 0.2) is 0 Å². The molecule has 5 rings (SSSR count). The highest BCUT2D eigenvalue weighted by Crippen LogP contribution is 2.19. The molecule has 230 valence electrons. The number of nitrogens with one attached hydrogen (secondary N) is 3. The number of hydrogen-bond donors (Lipinski definition) is 4. The van der Waals surface area contributed by atoms with Crippen molar-refractivity contribution in [3.63, 3.8) is 0 Å². The predicted octanol–water partition coefficient (Wildman–Crippen LogP) is 3.61. The van der Waals surface area contributed by atoms with Crippen LogP contribution in [0.15, 0.2) is 76.8 Å². The highest BCUT2D eigenvalue weighted by atomic mass is 16.6. The van der Waals surface area contributed by atoms with Gasteiger partial charge in [0.05, 0.1) is 11.4 Å². The molecule has 2 aromatic carbocycles. The lowest BCUT2D eigenvalue weighted by Crippen LogP contribution is -2.29. The largest absolute Gasteiger partial charge is 0.398 e. The zero-order chi connectivity index (χ0) is 31.9. The zero-order valence-corrected chi connectivity index (χ0v) is 24.8. The molecule has 0 fully saturated rings. The molecule has 5 aromatic rings. The number of rotatable bonds is 11. The second-order valence-corrected chi connectivity index (χ2v) is 10.1. The molecular formula is C31H31N9O5. The van der Waals surface area contributed by atoms with E-state index in [1.54, 1.807) is 59.9 Å². The van der Waals surface area contributed by atoms with E-state index in [1.807, 2.05) is 42.5 Å². The van der Waals surface area contributed by atoms with Crippen LogP contribution in [0.5, 0.6) is 0 Å². The van der Waals surface area contributed by atoms with Crippen LogP contribution in [0.25, 0.3) is 23.2 Å². The lowest BCUT2D eigenvalue weighted by molar-refractivity contribution is 0.0944. The molecule has 3 amide bonds. The SMILES string of the molecule is CON=C(N)CCNC(=O)c1cc(NC(=O)c2cc(NC(=O)c3ccc(/C=C/c4ccc5nonc5c4)cc3)cn2C)cn1C. The Labute approximate surface area is 257 Å². The van der Waals surface area contributed by atoms with Crippen molar-refractivity contribution in [3.8, 4) is 0 Å². The number of benzene rings is 2. The molecule has 14 nitrogen and oxygen atoms in total. The number of amidine groups is 1. The van der Waals surface area contributed by atoms with Gasteiger partial charge in [-0.15, -0.1) is 0 Å². The van der Waals surface area contributed by atoms with Gasteiger partial charge in [-0.25, -0.2) is 4.63 Å². The van der Waals surface area contributed by atoms with Gasteiger partial charge in [-0.05, 0) is 57.8 Å². The monoisotopic (exact) mass is 609 g/mol. The minimum absolute atomic E-state index is 0.259. The van der Waals surface area contributed by atoms with Gasteiger partial charge in [0, 0.05) is 45.0 Å². The smallest absolute Gasteiger partial charge is 0.272 e. The molecule has 3 heterocycles. The summed E-state index contributed by atoms with van der Waals surface area (Å²) in [6, 6.07) is 15.9. The Hall–Kier alpha value is -6.18. The average Bonchev–Trinajstić information content (AvgIpc) is 3.74. The summed E-state index contributed by atoms with van der Waals surface area (Å²) in [6.07, 6.45) is 7.46. The quantitative estimate of drug-likeness (QED) is 0.0757. The first-order valence-electron chi connectivity index (χ1n) is 13.8. The van der Waals surface area contributed by atoms with Crippen LogP contribution in [0.2, 0.25) is 0 Å². The fourth-order valence-electron chi connectivity index (χ4n) is 4.51. The Morgan fingerprint density at radius 2 is 1.44 bits per heavy atom. The van der Waals surface area contributed by atoms with Gasteiger partial charge in [-0.3, -0.25) is 14.4 Å². The minimum Gasteiger partial charge on any atom is -0.398 e. The standard InChI is InChI=1S/C31H31N9O5/c1-39-18-23(15-26(39)30(42)33-13-12-28(32)38-44-3)35-31(43)27-16-22(17-40(27)2)34-29(41)21-9-6-19(7-10-21)4-5-20-8-11-24-25(14-20)37-45-36-24/h4-11,14-18H,12-13H2,1-3H3,(H2,32,38)(H,33,42)(H,34,41)(H,35,43)/b5-4+. The number of nitrogens with two attached hydrogens (primary N) is 1. The van der Waals surface area contributed by atoms with Gasteiger partial charge in [0.2, 0.25) is 0 Å². The van der Waals surface area contributed by atoms with E-state index in [0.29, 0.717) is 45.8 Å². The number of amides is 3. The van der Waals surface area contributed by atoms with E-state index in [0.717, 1.165) is 11.1 Å². The Morgan fingerprint density at radius 1 is 0.844 bits per heavy atom. The molecule has 0 aliphatic carbocycles. The molecule has 0 aliphatic rings. The third-order valence-electron chi connectivity index (χ3n) is 6.79. The molecule has 0 saturated carbocycles. The molecule has 0 saturated heterocycles. The number of oxime groups is 1. The van der Waals surface area contributed by atoms with Crippen LogP contribution in [0.1, 0.15) is 48.9 Å². The van der Waals surface area contributed by atoms with Crippen LogP contribution in [-0.4, -0.2) is 56.7 Å². The number of carbonyl (C=O) groups is 3. The maximum absolute atomic E-state index is 13.0. The molecule has 0 aliphatic heterocycles. The van der Waals surface area contributed by atoms with Gasteiger partial charge in [-0.1, -0.05) is 35.5 Å². The van der Waals surface area contributed by atoms with E-state index in [2.05, 4.69) is 36.3 Å². The molecule has 5 N–H and O–H groups in total. The highest BCUT2D eigenvalue weighted by Gasteiger charge is 2.17. The summed E-state index contributed by atoms with van der Waals surface area (Å²) in [5, 5.41) is 19.6. The number of aromatic nitrogens is 4. The summed E-state index contributed by atoms with van der Waals surface area (Å²) in [5.41, 5.74) is 10.9. The summed E-state index contributed by atoms with van der Waals surface area (Å²) in [5.74, 6) is -0.802. The van der Waals surface area contributed by atoms with Crippen molar-refractivity contribution in [1.82, 2.24) is 24.8 Å². The van der Waals surface area contributed by atoms with E-state index in [4.69, 9.17) is 10.4 Å². The highest BCUT2D eigenvalue weighted by molar-refractivity contribution is 6.07. The maximum Gasteiger partial charge on any atom is 0.272 e. The van der Waals surface area contributed by atoms with E-state index >= 15 is 0 Å². The molecule has 0 unspecified atom stereocenters. The first kappa shape index (κ1) is 30.3. The summed E-state index contributed by atoms with van der Waals surface area (Å²) in [7, 11) is 4.78. The van der Waals surface area contributed by atoms with Gasteiger partial charge >= 0.3 is 0 Å². The Kier molecular flexibility index (Phi) is 9.03. The fraction of sp³-hybridized carbons (Fsp3) is 0.161. The second kappa shape index (κ2) is 13.4. The summed E-state index contributed by atoms with van der Waals surface area (Å²) >= 11 is 0. The van der Waals surface area contributed by atoms with Crippen LogP contribution in [0.3, 0.4) is 0 Å². The van der Waals surface area contributed by atoms with Gasteiger partial charge in [0.1, 0.15) is 35.4 Å². The number of hydrogen-bond acceptors (Lipinski definition) is 8. The summed E-state index contributed by atoms with van der Waals surface area (Å²) in [6.45, 7) is 0.268. The van der Waals surface area contributed by atoms with Crippen LogP contribution in [0, 0.1) is 0 Å². The van der Waals surface area contributed by atoms with E-state index < -0.39 is 5.91 Å². The minimum atomic E-state index is -0.408. The average molecular weight is 610 g/mol. The van der Waals surface area contributed by atoms with Crippen molar-refractivity contribution in [3.05, 3.63) is 95.1 Å². The van der Waals surface area contributed by atoms with Crippen molar-refractivity contribution in [1.29, 1.82) is 0 Å². The second-order valence-electron chi connectivity index (χ2n) is 10.1. The van der Waals surface area contributed by atoms with Crippen molar-refractivity contribution >= 4 is 58.1 Å². The lowest BCUT2D eigenvalue weighted by Gasteiger charge is -2.05. The third kappa shape index (κ3) is 7.43. The first-order valence-corrected chi connectivity index (χ1v) is 13.8. The van der Waals surface area contributed by atoms with Crippen molar-refractivity contribution < 1.29 is 23.9 Å². The lowest BCUT2D eigenvalue weighted by atomic mass is 10.1. The van der Waals surface area contributed by atoms with E-state index in [1.165, 1.54) is 7.11 Å². The molecule has 0 atom stereocenters. The topological polar surface area (TPSA) is 184 Å². The number of anilines is 2. The fourth-order valence-corrected chi connectivity index (χ4v) is 4.51. The Balaban J connectivity index is 1.16. The van der Waals surface area contributed by atoms with Crippen molar-refractivity contribution in [2.24, 2.45) is 25.0 Å². The number of aryl methyl sites for hydroxylation is 2. The summed E-state index contributed by atoms with van der Waals surface area (Å²) < 4.78 is 7.94. The molecule has 0 radical (unpaired) electrons. The van der Waals surface area contributed by atoms with Crippen LogP contribution in [0.4, 0.5) is 11.4 Å². The Morgan fingerprint density at radius 3 is 2.13 bits per heavy atom. The normalized spacial score (nSPS) is 11.6. The Bertz CT molecular complexity index is 1910. The molecular weight excluding hydrogens is 578 g/mol. The van der Waals surface area contributed by atoms with Gasteiger partial charge < -0.3 is 35.7 Å². The maximum atomic E-state index is 13.0. The van der Waals surface area contributed by atoms with Crippen LogP contribution < -0.4 is 21.7 Å². The molecule has 45 heavy (non-hydrogen) atoms. The molecule has 0 bridgehead atoms. The number of fused-ring (bicyclic) bond motifs is 1. The van der Waals surface area contributed by atoms with E-state index in [9.17, 15) is 14.4 Å².